The summed E-state index contributed by atoms with van der Waals surface area (Å²) in [5.74, 6) is 0. The van der Waals surface area contributed by atoms with E-state index in [9.17, 15) is 0 Å². The van der Waals surface area contributed by atoms with Gasteiger partial charge in [-0.1, -0.05) is 47.7 Å². The molecular formula is C16H17BrN4. The minimum atomic E-state index is 0.167. The molecule has 3 rings (SSSR count). The van der Waals surface area contributed by atoms with Crippen molar-refractivity contribution in [3.63, 3.8) is 0 Å². The Morgan fingerprint density at radius 1 is 1.19 bits per heavy atom. The average molecular weight is 345 g/mol. The highest BCUT2D eigenvalue weighted by Crippen LogP contribution is 2.25. The monoisotopic (exact) mass is 344 g/mol. The van der Waals surface area contributed by atoms with E-state index >= 15 is 0 Å². The van der Waals surface area contributed by atoms with Gasteiger partial charge in [0.05, 0.1) is 11.7 Å². The number of rotatable bonds is 4. The number of hydrogen-bond donors (Lipinski definition) is 1. The summed E-state index contributed by atoms with van der Waals surface area (Å²) in [6.45, 7) is 0. The third-order valence-corrected chi connectivity index (χ3v) is 4.32. The van der Waals surface area contributed by atoms with Gasteiger partial charge in [0.2, 0.25) is 0 Å². The maximum Gasteiger partial charge on any atom is 0.153 e. The Kier molecular flexibility index (Phi) is 4.03. The number of nitrogens with one attached hydrogen (secondary N) is 1. The number of fused-ring (bicyclic) bond motifs is 1. The van der Waals surface area contributed by atoms with E-state index in [4.69, 9.17) is 0 Å². The Bertz CT molecular complexity index is 746. The van der Waals surface area contributed by atoms with Gasteiger partial charge < -0.3 is 5.32 Å². The highest BCUT2D eigenvalue weighted by molar-refractivity contribution is 9.10. The predicted molar refractivity (Wildman–Crippen MR) is 88.2 cm³/mol. The van der Waals surface area contributed by atoms with E-state index in [-0.39, 0.29) is 6.04 Å². The van der Waals surface area contributed by atoms with E-state index in [1.165, 1.54) is 16.3 Å². The van der Waals surface area contributed by atoms with Gasteiger partial charge >= 0.3 is 0 Å². The van der Waals surface area contributed by atoms with Crippen LogP contribution in [0.15, 0.2) is 47.1 Å². The Labute approximate surface area is 132 Å². The summed E-state index contributed by atoms with van der Waals surface area (Å²) < 4.78 is 2.61. The molecule has 2 aromatic carbocycles. The third kappa shape index (κ3) is 2.84. The van der Waals surface area contributed by atoms with Gasteiger partial charge in [-0.25, -0.2) is 4.68 Å². The van der Waals surface area contributed by atoms with Crippen LogP contribution in [0.1, 0.15) is 17.3 Å². The molecule has 0 amide bonds. The summed E-state index contributed by atoms with van der Waals surface area (Å²) >= 11 is 3.48. The minimum Gasteiger partial charge on any atom is -0.311 e. The average Bonchev–Trinajstić information content (AvgIpc) is 2.84. The van der Waals surface area contributed by atoms with Crippen LogP contribution in [0, 0.1) is 0 Å². The van der Waals surface area contributed by atoms with E-state index in [0.29, 0.717) is 0 Å². The van der Waals surface area contributed by atoms with Gasteiger partial charge in [-0.05, 0) is 45.7 Å². The lowest BCUT2D eigenvalue weighted by atomic mass is 10.0. The highest BCUT2D eigenvalue weighted by Gasteiger charge is 2.19. The number of aromatic nitrogens is 3. The summed E-state index contributed by atoms with van der Waals surface area (Å²) in [5.41, 5.74) is 2.35. The fraction of sp³-hybridized carbons (Fsp3) is 0.250. The largest absolute Gasteiger partial charge is 0.311 e. The van der Waals surface area contributed by atoms with Crippen molar-refractivity contribution >= 4 is 26.7 Å². The number of hydrogen-bond acceptors (Lipinski definition) is 3. The lowest BCUT2D eigenvalue weighted by Gasteiger charge is -2.17. The maximum atomic E-state index is 4.07. The van der Waals surface area contributed by atoms with Crippen LogP contribution in [0.5, 0.6) is 0 Å². The van der Waals surface area contributed by atoms with Crippen molar-refractivity contribution in [3.05, 3.63) is 58.3 Å². The molecule has 1 unspecified atom stereocenters. The second-order valence-electron chi connectivity index (χ2n) is 5.12. The first kappa shape index (κ1) is 14.2. The summed E-state index contributed by atoms with van der Waals surface area (Å²) in [6, 6.07) is 15.2. The Morgan fingerprint density at radius 2 is 1.95 bits per heavy atom. The van der Waals surface area contributed by atoms with Gasteiger partial charge in [-0.3, -0.25) is 0 Å². The standard InChI is InChI=1S/C16H17BrN4/c1-18-14(15-16(17)19-20-21(15)2)10-11-7-8-12-5-3-4-6-13(12)9-11/h3-9,14,18H,10H2,1-2H3. The Hall–Kier alpha value is -1.72. The Balaban J connectivity index is 1.92. The summed E-state index contributed by atoms with van der Waals surface area (Å²) in [5, 5.41) is 14.0. The number of benzene rings is 2. The first-order valence-electron chi connectivity index (χ1n) is 6.89. The van der Waals surface area contributed by atoms with E-state index in [0.717, 1.165) is 16.7 Å². The van der Waals surface area contributed by atoms with E-state index in [1.807, 2.05) is 18.8 Å². The topological polar surface area (TPSA) is 42.7 Å². The first-order valence-corrected chi connectivity index (χ1v) is 7.68. The molecule has 1 N–H and O–H groups in total. The quantitative estimate of drug-likeness (QED) is 0.790. The zero-order valence-electron chi connectivity index (χ0n) is 12.0. The van der Waals surface area contributed by atoms with Crippen LogP contribution in [-0.2, 0) is 13.5 Å². The predicted octanol–water partition coefficient (Wildman–Crippen LogP) is 3.23. The SMILES string of the molecule is CNC(Cc1ccc2ccccc2c1)c1c(Br)nnn1C. The normalized spacial score (nSPS) is 12.7. The smallest absolute Gasteiger partial charge is 0.153 e. The molecular weight excluding hydrogens is 328 g/mol. The van der Waals surface area contributed by atoms with Gasteiger partial charge in [0, 0.05) is 7.05 Å². The molecule has 1 atom stereocenters. The van der Waals surface area contributed by atoms with E-state index < -0.39 is 0 Å². The van der Waals surface area contributed by atoms with Crippen LogP contribution in [0.3, 0.4) is 0 Å². The molecule has 21 heavy (non-hydrogen) atoms. The van der Waals surface area contributed by atoms with Crippen molar-refractivity contribution in [2.75, 3.05) is 7.05 Å². The van der Waals surface area contributed by atoms with Gasteiger partial charge in [-0.2, -0.15) is 0 Å². The number of halogens is 1. The number of aryl methyl sites for hydroxylation is 1. The Morgan fingerprint density at radius 3 is 2.62 bits per heavy atom. The molecule has 0 fully saturated rings. The molecule has 4 nitrogen and oxygen atoms in total. The van der Waals surface area contributed by atoms with Gasteiger partial charge in [0.1, 0.15) is 0 Å². The van der Waals surface area contributed by atoms with Crippen LogP contribution in [0.2, 0.25) is 0 Å². The lowest BCUT2D eigenvalue weighted by Crippen LogP contribution is -2.22. The zero-order valence-corrected chi connectivity index (χ0v) is 13.6. The maximum absolute atomic E-state index is 4.07. The van der Waals surface area contributed by atoms with Crippen molar-refractivity contribution < 1.29 is 0 Å². The zero-order chi connectivity index (χ0) is 14.8. The second-order valence-corrected chi connectivity index (χ2v) is 5.87. The summed E-state index contributed by atoms with van der Waals surface area (Å²) in [7, 11) is 3.88. The molecule has 108 valence electrons. The number of nitrogens with zero attached hydrogens (tertiary/aromatic N) is 3. The van der Waals surface area contributed by atoms with Crippen molar-refractivity contribution in [2.45, 2.75) is 12.5 Å². The molecule has 0 spiro atoms. The molecule has 5 heteroatoms. The van der Waals surface area contributed by atoms with Crippen molar-refractivity contribution in [2.24, 2.45) is 7.05 Å². The highest BCUT2D eigenvalue weighted by atomic mass is 79.9. The van der Waals surface area contributed by atoms with E-state index in [2.05, 4.69) is 74.0 Å². The molecule has 0 saturated carbocycles. The van der Waals surface area contributed by atoms with Crippen LogP contribution in [0.4, 0.5) is 0 Å². The van der Waals surface area contributed by atoms with Crippen LogP contribution >= 0.6 is 15.9 Å². The van der Waals surface area contributed by atoms with Gasteiger partial charge in [0.15, 0.2) is 4.60 Å². The molecule has 0 aliphatic carbocycles. The lowest BCUT2D eigenvalue weighted by molar-refractivity contribution is 0.533. The van der Waals surface area contributed by atoms with Gasteiger partial charge in [0.25, 0.3) is 0 Å². The minimum absolute atomic E-state index is 0.167. The van der Waals surface area contributed by atoms with Crippen LogP contribution in [-0.4, -0.2) is 22.0 Å². The molecule has 0 bridgehead atoms. The fourth-order valence-corrected chi connectivity index (χ4v) is 3.25. The van der Waals surface area contributed by atoms with Crippen molar-refractivity contribution in [1.82, 2.24) is 20.3 Å². The number of likely N-dealkylation sites (N-methyl/N-ethyl adjacent to an activating group) is 1. The first-order chi connectivity index (χ1) is 10.2. The van der Waals surface area contributed by atoms with E-state index in [1.54, 1.807) is 0 Å². The molecule has 0 saturated heterocycles. The van der Waals surface area contributed by atoms with Gasteiger partial charge in [-0.15, -0.1) is 5.10 Å². The molecule has 1 heterocycles. The molecule has 1 aromatic heterocycles. The van der Waals surface area contributed by atoms with Crippen molar-refractivity contribution in [3.8, 4) is 0 Å². The summed E-state index contributed by atoms with van der Waals surface area (Å²) in [4.78, 5) is 0. The van der Waals surface area contributed by atoms with Crippen molar-refractivity contribution in [1.29, 1.82) is 0 Å². The summed E-state index contributed by atoms with van der Waals surface area (Å²) in [6.07, 6.45) is 0.890. The molecule has 0 aliphatic heterocycles. The molecule has 0 radical (unpaired) electrons. The second kappa shape index (κ2) is 5.95. The van der Waals surface area contributed by atoms with Crippen LogP contribution < -0.4 is 5.32 Å². The fourth-order valence-electron chi connectivity index (χ4n) is 2.65. The van der Waals surface area contributed by atoms with Crippen LogP contribution in [0.25, 0.3) is 10.8 Å². The molecule has 0 aliphatic rings. The molecule has 3 aromatic rings. The third-order valence-electron chi connectivity index (χ3n) is 3.76.